The van der Waals surface area contributed by atoms with Crippen LogP contribution in [0.15, 0.2) is 23.2 Å². The second-order valence-electron chi connectivity index (χ2n) is 8.41. The summed E-state index contributed by atoms with van der Waals surface area (Å²) < 4.78 is 11.6. The van der Waals surface area contributed by atoms with Crippen LogP contribution in [0.5, 0.6) is 5.75 Å². The molecule has 158 valence electrons. The van der Waals surface area contributed by atoms with E-state index in [4.69, 9.17) is 14.5 Å². The van der Waals surface area contributed by atoms with Gasteiger partial charge in [-0.2, -0.15) is 0 Å². The van der Waals surface area contributed by atoms with Gasteiger partial charge in [0.25, 0.3) is 0 Å². The van der Waals surface area contributed by atoms with Crippen LogP contribution in [-0.4, -0.2) is 63.4 Å². The predicted molar refractivity (Wildman–Crippen MR) is 116 cm³/mol. The summed E-state index contributed by atoms with van der Waals surface area (Å²) in [6.07, 6.45) is 1.08. The fraction of sp³-hybridized carbons (Fsp3) is 0.682. The van der Waals surface area contributed by atoms with Crippen molar-refractivity contribution in [3.63, 3.8) is 0 Å². The fourth-order valence-electron chi connectivity index (χ4n) is 2.81. The molecule has 1 unspecified atom stereocenters. The number of nitrogens with one attached hydrogen (secondary N) is 2. The molecule has 2 N–H and O–H groups in total. The van der Waals surface area contributed by atoms with Gasteiger partial charge in [-0.3, -0.25) is 0 Å². The SMILES string of the molecule is CCNC(=NCc1ccc(C)cc1OCC1CCOC1)NCC(C)(C)N(C)C. The van der Waals surface area contributed by atoms with E-state index in [1.54, 1.807) is 0 Å². The van der Waals surface area contributed by atoms with E-state index in [1.807, 2.05) is 0 Å². The molecule has 1 aromatic carbocycles. The summed E-state index contributed by atoms with van der Waals surface area (Å²) in [7, 11) is 4.19. The number of aryl methyl sites for hydroxylation is 1. The number of guanidine groups is 1. The third-order valence-electron chi connectivity index (χ3n) is 5.37. The van der Waals surface area contributed by atoms with Gasteiger partial charge in [-0.25, -0.2) is 4.99 Å². The van der Waals surface area contributed by atoms with Crippen LogP contribution >= 0.6 is 0 Å². The Kier molecular flexibility index (Phi) is 8.58. The fourth-order valence-corrected chi connectivity index (χ4v) is 2.81. The maximum absolute atomic E-state index is 6.14. The molecule has 0 amide bonds. The summed E-state index contributed by atoms with van der Waals surface area (Å²) in [6, 6.07) is 6.34. The van der Waals surface area contributed by atoms with Gasteiger partial charge in [0.1, 0.15) is 5.75 Å². The van der Waals surface area contributed by atoms with E-state index in [1.165, 1.54) is 5.56 Å². The lowest BCUT2D eigenvalue weighted by Crippen LogP contribution is -2.50. The van der Waals surface area contributed by atoms with Crippen LogP contribution in [0.1, 0.15) is 38.3 Å². The largest absolute Gasteiger partial charge is 0.493 e. The molecule has 0 bridgehead atoms. The van der Waals surface area contributed by atoms with E-state index in [0.717, 1.165) is 50.0 Å². The predicted octanol–water partition coefficient (Wildman–Crippen LogP) is 2.81. The zero-order valence-electron chi connectivity index (χ0n) is 18.5. The van der Waals surface area contributed by atoms with Gasteiger partial charge < -0.3 is 25.0 Å². The average Bonchev–Trinajstić information content (AvgIpc) is 3.16. The molecule has 1 aliphatic rings. The topological polar surface area (TPSA) is 58.1 Å². The Morgan fingerprint density at radius 1 is 1.32 bits per heavy atom. The zero-order chi connectivity index (χ0) is 20.6. The Morgan fingerprint density at radius 3 is 2.75 bits per heavy atom. The van der Waals surface area contributed by atoms with Gasteiger partial charge in [0.05, 0.1) is 19.8 Å². The monoisotopic (exact) mass is 390 g/mol. The van der Waals surface area contributed by atoms with Crippen LogP contribution in [0.25, 0.3) is 0 Å². The van der Waals surface area contributed by atoms with Crippen molar-refractivity contribution in [1.29, 1.82) is 0 Å². The lowest BCUT2D eigenvalue weighted by Gasteiger charge is -2.33. The van der Waals surface area contributed by atoms with Gasteiger partial charge in [-0.05, 0) is 59.8 Å². The van der Waals surface area contributed by atoms with Crippen LogP contribution in [-0.2, 0) is 11.3 Å². The third kappa shape index (κ3) is 6.99. The minimum atomic E-state index is 0.0394. The molecule has 0 aliphatic carbocycles. The van der Waals surface area contributed by atoms with Crippen molar-refractivity contribution < 1.29 is 9.47 Å². The molecule has 2 rings (SSSR count). The first-order valence-electron chi connectivity index (χ1n) is 10.3. The highest BCUT2D eigenvalue weighted by molar-refractivity contribution is 5.79. The van der Waals surface area contributed by atoms with Gasteiger partial charge in [0.15, 0.2) is 5.96 Å². The minimum absolute atomic E-state index is 0.0394. The molecule has 1 atom stereocenters. The van der Waals surface area contributed by atoms with Crippen LogP contribution in [0.2, 0.25) is 0 Å². The summed E-state index contributed by atoms with van der Waals surface area (Å²) in [4.78, 5) is 7.00. The molecule has 1 saturated heterocycles. The maximum Gasteiger partial charge on any atom is 0.191 e. The first-order valence-corrected chi connectivity index (χ1v) is 10.3. The summed E-state index contributed by atoms with van der Waals surface area (Å²) in [5, 5.41) is 6.80. The van der Waals surface area contributed by atoms with E-state index >= 15 is 0 Å². The molecule has 0 radical (unpaired) electrons. The van der Waals surface area contributed by atoms with E-state index in [9.17, 15) is 0 Å². The Bertz CT molecular complexity index is 637. The second-order valence-corrected chi connectivity index (χ2v) is 8.41. The number of ether oxygens (including phenoxy) is 2. The molecule has 0 saturated carbocycles. The zero-order valence-corrected chi connectivity index (χ0v) is 18.5. The van der Waals surface area contributed by atoms with Crippen molar-refractivity contribution >= 4 is 5.96 Å². The van der Waals surface area contributed by atoms with Crippen molar-refractivity contribution in [1.82, 2.24) is 15.5 Å². The van der Waals surface area contributed by atoms with E-state index in [2.05, 4.69) is 75.5 Å². The maximum atomic E-state index is 6.14. The number of benzene rings is 1. The van der Waals surface area contributed by atoms with Gasteiger partial charge in [-0.1, -0.05) is 12.1 Å². The highest BCUT2D eigenvalue weighted by Crippen LogP contribution is 2.23. The van der Waals surface area contributed by atoms with E-state index < -0.39 is 0 Å². The molecule has 1 aliphatic heterocycles. The number of nitrogens with zero attached hydrogens (tertiary/aromatic N) is 2. The minimum Gasteiger partial charge on any atom is -0.493 e. The third-order valence-corrected chi connectivity index (χ3v) is 5.37. The normalized spacial score (nSPS) is 17.8. The molecule has 1 heterocycles. The number of hydrogen-bond acceptors (Lipinski definition) is 4. The van der Waals surface area contributed by atoms with Gasteiger partial charge >= 0.3 is 0 Å². The summed E-state index contributed by atoms with van der Waals surface area (Å²) in [5.74, 6) is 2.25. The molecule has 1 aromatic rings. The van der Waals surface area contributed by atoms with Gasteiger partial charge in [0.2, 0.25) is 0 Å². The second kappa shape index (κ2) is 10.7. The number of aliphatic imine (C=N–C) groups is 1. The van der Waals surface area contributed by atoms with Gasteiger partial charge in [-0.15, -0.1) is 0 Å². The molecule has 1 fully saturated rings. The highest BCUT2D eigenvalue weighted by Gasteiger charge is 2.20. The Balaban J connectivity index is 2.03. The molecule has 0 spiro atoms. The summed E-state index contributed by atoms with van der Waals surface area (Å²) >= 11 is 0. The summed E-state index contributed by atoms with van der Waals surface area (Å²) in [6.45, 7) is 13.2. The molecule has 6 heteroatoms. The van der Waals surface area contributed by atoms with Crippen LogP contribution in [0.3, 0.4) is 0 Å². The lowest BCUT2D eigenvalue weighted by molar-refractivity contribution is 0.166. The Hall–Kier alpha value is -1.79. The first-order chi connectivity index (χ1) is 13.3. The van der Waals surface area contributed by atoms with Crippen LogP contribution in [0, 0.1) is 12.8 Å². The standard InChI is InChI=1S/C22H38N4O2/c1-7-23-21(25-16-22(3,4)26(5)6)24-13-19-9-8-17(2)12-20(19)28-15-18-10-11-27-14-18/h8-9,12,18H,7,10-11,13-16H2,1-6H3,(H2,23,24,25). The lowest BCUT2D eigenvalue weighted by atomic mass is 10.0. The summed E-state index contributed by atoms with van der Waals surface area (Å²) in [5.41, 5.74) is 2.34. The van der Waals surface area contributed by atoms with Crippen molar-refractivity contribution in [2.45, 2.75) is 46.2 Å². The van der Waals surface area contributed by atoms with Crippen LogP contribution in [0.4, 0.5) is 0 Å². The number of rotatable bonds is 9. The van der Waals surface area contributed by atoms with Crippen molar-refractivity contribution in [2.75, 3.05) is 47.0 Å². The molecule has 6 nitrogen and oxygen atoms in total. The van der Waals surface area contributed by atoms with Crippen LogP contribution < -0.4 is 15.4 Å². The first kappa shape index (κ1) is 22.5. The Morgan fingerprint density at radius 2 is 2.11 bits per heavy atom. The highest BCUT2D eigenvalue weighted by atomic mass is 16.5. The van der Waals surface area contributed by atoms with Crippen molar-refractivity contribution in [3.05, 3.63) is 29.3 Å². The number of hydrogen-bond donors (Lipinski definition) is 2. The van der Waals surface area contributed by atoms with E-state index in [0.29, 0.717) is 19.1 Å². The van der Waals surface area contributed by atoms with Crippen molar-refractivity contribution in [3.8, 4) is 5.75 Å². The molecular weight excluding hydrogens is 352 g/mol. The number of likely N-dealkylation sites (N-methyl/N-ethyl adjacent to an activating group) is 1. The van der Waals surface area contributed by atoms with Crippen molar-refractivity contribution in [2.24, 2.45) is 10.9 Å². The average molecular weight is 391 g/mol. The smallest absolute Gasteiger partial charge is 0.191 e. The molecule has 28 heavy (non-hydrogen) atoms. The molecular formula is C22H38N4O2. The molecule has 0 aromatic heterocycles. The quantitative estimate of drug-likeness (QED) is 0.502. The van der Waals surface area contributed by atoms with Gasteiger partial charge in [0, 0.05) is 36.7 Å². The Labute approximate surface area is 170 Å². The van der Waals surface area contributed by atoms with E-state index in [-0.39, 0.29) is 5.54 Å².